The second-order valence-electron chi connectivity index (χ2n) is 7.10. The molecule has 144 valence electrons. The normalized spacial score (nSPS) is 18.3. The summed E-state index contributed by atoms with van der Waals surface area (Å²) in [6, 6.07) is 18.2. The molecule has 0 spiro atoms. The van der Waals surface area contributed by atoms with Gasteiger partial charge in [-0.15, -0.1) is 0 Å². The van der Waals surface area contributed by atoms with Crippen molar-refractivity contribution in [3.63, 3.8) is 0 Å². The second-order valence-corrected chi connectivity index (χ2v) is 7.10. The molecule has 0 unspecified atom stereocenters. The van der Waals surface area contributed by atoms with Gasteiger partial charge in [0.05, 0.1) is 0 Å². The summed E-state index contributed by atoms with van der Waals surface area (Å²) >= 11 is 0. The molecule has 1 aliphatic heterocycles. The van der Waals surface area contributed by atoms with Crippen LogP contribution in [0, 0.1) is 0 Å². The summed E-state index contributed by atoms with van der Waals surface area (Å²) in [6.07, 6.45) is 2.57. The Morgan fingerprint density at radius 2 is 1.93 bits per heavy atom. The van der Waals surface area contributed by atoms with Crippen LogP contribution in [0.1, 0.15) is 24.0 Å². The molecule has 3 rings (SSSR count). The molecule has 1 saturated heterocycles. The molecule has 5 heteroatoms. The smallest absolute Gasteiger partial charge is 0.320 e. The van der Waals surface area contributed by atoms with E-state index in [1.165, 1.54) is 5.56 Å². The number of carboxylic acid groups (broad SMARTS) is 1. The number of hydrogen-bond acceptors (Lipinski definition) is 4. The molecule has 0 aromatic heterocycles. The summed E-state index contributed by atoms with van der Waals surface area (Å²) in [6.45, 7) is 2.17. The van der Waals surface area contributed by atoms with Crippen molar-refractivity contribution in [1.82, 2.24) is 10.2 Å². The molecule has 1 fully saturated rings. The van der Waals surface area contributed by atoms with Gasteiger partial charge in [-0.1, -0.05) is 42.5 Å². The lowest BCUT2D eigenvalue weighted by atomic mass is 10.0. The minimum atomic E-state index is -0.706. The summed E-state index contributed by atoms with van der Waals surface area (Å²) in [5.74, 6) is 0.149. The van der Waals surface area contributed by atoms with Gasteiger partial charge in [-0.3, -0.25) is 9.69 Å². The van der Waals surface area contributed by atoms with Gasteiger partial charge in [-0.25, -0.2) is 0 Å². The Morgan fingerprint density at radius 3 is 2.59 bits per heavy atom. The van der Waals surface area contributed by atoms with Crippen molar-refractivity contribution < 1.29 is 14.6 Å². The van der Waals surface area contributed by atoms with E-state index in [-0.39, 0.29) is 12.1 Å². The SMILES string of the molecule is CN[C@@H](Cc1ccc(OCc2ccccc2)cc1)CN1CCC[C@H]1C(=O)O. The van der Waals surface area contributed by atoms with Crippen LogP contribution in [0.25, 0.3) is 0 Å². The van der Waals surface area contributed by atoms with Crippen LogP contribution in [0.3, 0.4) is 0 Å². The lowest BCUT2D eigenvalue weighted by molar-refractivity contribution is -0.142. The summed E-state index contributed by atoms with van der Waals surface area (Å²) in [7, 11) is 1.94. The first kappa shape index (κ1) is 19.4. The quantitative estimate of drug-likeness (QED) is 0.713. The van der Waals surface area contributed by atoms with Gasteiger partial charge in [0.1, 0.15) is 18.4 Å². The van der Waals surface area contributed by atoms with Crippen molar-refractivity contribution in [2.75, 3.05) is 20.1 Å². The zero-order chi connectivity index (χ0) is 19.1. The van der Waals surface area contributed by atoms with Crippen LogP contribution in [0.15, 0.2) is 54.6 Å². The number of rotatable bonds is 9. The first-order chi connectivity index (χ1) is 13.2. The Labute approximate surface area is 161 Å². The van der Waals surface area contributed by atoms with Crippen molar-refractivity contribution in [2.24, 2.45) is 0 Å². The maximum absolute atomic E-state index is 11.4. The molecule has 2 atom stereocenters. The van der Waals surface area contributed by atoms with Crippen molar-refractivity contribution in [3.8, 4) is 5.75 Å². The Morgan fingerprint density at radius 1 is 1.19 bits per heavy atom. The highest BCUT2D eigenvalue weighted by molar-refractivity contribution is 5.73. The third-order valence-electron chi connectivity index (χ3n) is 5.17. The maximum atomic E-state index is 11.4. The van der Waals surface area contributed by atoms with E-state index in [1.54, 1.807) is 0 Å². The molecular weight excluding hydrogens is 340 g/mol. The van der Waals surface area contributed by atoms with E-state index in [0.717, 1.165) is 43.7 Å². The van der Waals surface area contributed by atoms with Crippen molar-refractivity contribution >= 4 is 5.97 Å². The van der Waals surface area contributed by atoms with E-state index >= 15 is 0 Å². The molecule has 0 saturated carbocycles. The maximum Gasteiger partial charge on any atom is 0.320 e. The standard InChI is InChI=1S/C22H28N2O3/c1-23-19(15-24-13-5-8-21(24)22(25)26)14-17-9-11-20(12-10-17)27-16-18-6-3-2-4-7-18/h2-4,6-7,9-12,19,21,23H,5,8,13-16H2,1H3,(H,25,26)/t19-,21-/m0/s1. The number of likely N-dealkylation sites (N-methyl/N-ethyl adjacent to an activating group) is 1. The van der Waals surface area contributed by atoms with E-state index in [1.807, 2.05) is 37.4 Å². The zero-order valence-electron chi connectivity index (χ0n) is 15.8. The molecule has 1 aliphatic rings. The van der Waals surface area contributed by atoms with Crippen LogP contribution in [-0.4, -0.2) is 48.2 Å². The summed E-state index contributed by atoms with van der Waals surface area (Å²) in [5, 5.41) is 12.7. The highest BCUT2D eigenvalue weighted by Gasteiger charge is 2.31. The molecule has 27 heavy (non-hydrogen) atoms. The molecule has 0 aliphatic carbocycles. The van der Waals surface area contributed by atoms with Gasteiger partial charge in [0.15, 0.2) is 0 Å². The molecule has 2 aromatic carbocycles. The predicted molar refractivity (Wildman–Crippen MR) is 106 cm³/mol. The Kier molecular flexibility index (Phi) is 6.85. The van der Waals surface area contributed by atoms with Crippen LogP contribution in [0.5, 0.6) is 5.75 Å². The second kappa shape index (κ2) is 9.53. The number of benzene rings is 2. The first-order valence-corrected chi connectivity index (χ1v) is 9.55. The molecular formula is C22H28N2O3. The summed E-state index contributed by atoms with van der Waals surface area (Å²) in [5.41, 5.74) is 2.36. The third-order valence-corrected chi connectivity index (χ3v) is 5.17. The van der Waals surface area contributed by atoms with Gasteiger partial charge < -0.3 is 15.2 Å². The van der Waals surface area contributed by atoms with Gasteiger partial charge in [-0.2, -0.15) is 0 Å². The van der Waals surface area contributed by atoms with Crippen LogP contribution >= 0.6 is 0 Å². The average Bonchev–Trinajstić information content (AvgIpc) is 3.16. The fourth-order valence-electron chi connectivity index (χ4n) is 3.61. The molecule has 0 radical (unpaired) electrons. The summed E-state index contributed by atoms with van der Waals surface area (Å²) < 4.78 is 5.84. The molecule has 5 nitrogen and oxygen atoms in total. The molecule has 0 bridgehead atoms. The van der Waals surface area contributed by atoms with Crippen molar-refractivity contribution in [3.05, 3.63) is 65.7 Å². The van der Waals surface area contributed by atoms with E-state index in [0.29, 0.717) is 6.61 Å². The number of hydrogen-bond donors (Lipinski definition) is 2. The van der Waals surface area contributed by atoms with Crippen LogP contribution < -0.4 is 10.1 Å². The topological polar surface area (TPSA) is 61.8 Å². The van der Waals surface area contributed by atoms with Crippen molar-refractivity contribution in [1.29, 1.82) is 0 Å². The van der Waals surface area contributed by atoms with Gasteiger partial charge in [0.2, 0.25) is 0 Å². The van der Waals surface area contributed by atoms with Gasteiger partial charge >= 0.3 is 5.97 Å². The number of ether oxygens (including phenoxy) is 1. The van der Waals surface area contributed by atoms with Gasteiger partial charge in [-0.05, 0) is 56.1 Å². The van der Waals surface area contributed by atoms with Crippen LogP contribution in [-0.2, 0) is 17.8 Å². The first-order valence-electron chi connectivity index (χ1n) is 9.55. The van der Waals surface area contributed by atoms with E-state index in [9.17, 15) is 9.90 Å². The van der Waals surface area contributed by atoms with E-state index in [4.69, 9.17) is 4.74 Å². The minimum Gasteiger partial charge on any atom is -0.489 e. The highest BCUT2D eigenvalue weighted by atomic mass is 16.5. The lowest BCUT2D eigenvalue weighted by Gasteiger charge is -2.26. The predicted octanol–water partition coefficient (Wildman–Crippen LogP) is 2.95. The number of nitrogens with zero attached hydrogens (tertiary/aromatic N) is 1. The highest BCUT2D eigenvalue weighted by Crippen LogP contribution is 2.19. The largest absolute Gasteiger partial charge is 0.489 e. The Balaban J connectivity index is 1.52. The number of carboxylic acids is 1. The molecule has 2 N–H and O–H groups in total. The fraction of sp³-hybridized carbons (Fsp3) is 0.409. The molecule has 2 aromatic rings. The van der Waals surface area contributed by atoms with Gasteiger partial charge in [0.25, 0.3) is 0 Å². The van der Waals surface area contributed by atoms with E-state index < -0.39 is 5.97 Å². The lowest BCUT2D eigenvalue weighted by Crippen LogP contribution is -2.45. The number of likely N-dealkylation sites (tertiary alicyclic amines) is 1. The van der Waals surface area contributed by atoms with Gasteiger partial charge in [0, 0.05) is 12.6 Å². The summed E-state index contributed by atoms with van der Waals surface area (Å²) in [4.78, 5) is 13.4. The Bertz CT molecular complexity index is 718. The Hall–Kier alpha value is -2.37. The monoisotopic (exact) mass is 368 g/mol. The molecule has 0 amide bonds. The third kappa shape index (κ3) is 5.55. The van der Waals surface area contributed by atoms with Crippen LogP contribution in [0.4, 0.5) is 0 Å². The number of nitrogens with one attached hydrogen (secondary N) is 1. The fourth-order valence-corrected chi connectivity index (χ4v) is 3.61. The average molecular weight is 368 g/mol. The minimum absolute atomic E-state index is 0.223. The van der Waals surface area contributed by atoms with E-state index in [2.05, 4.69) is 34.5 Å². The molecule has 1 heterocycles. The number of carbonyl (C=O) groups is 1. The van der Waals surface area contributed by atoms with Crippen molar-refractivity contribution in [2.45, 2.75) is 38.0 Å². The zero-order valence-corrected chi connectivity index (χ0v) is 15.8. The van der Waals surface area contributed by atoms with Crippen LogP contribution in [0.2, 0.25) is 0 Å². The number of aliphatic carboxylic acids is 1.